The van der Waals surface area contributed by atoms with Crippen LogP contribution < -0.4 is 10.1 Å². The highest BCUT2D eigenvalue weighted by atomic mass is 19.4. The molecule has 0 aliphatic carbocycles. The predicted molar refractivity (Wildman–Crippen MR) is 70.4 cm³/mol. The second kappa shape index (κ2) is 6.57. The molecule has 2 rings (SSSR count). The van der Waals surface area contributed by atoms with Crippen LogP contribution in [-0.2, 0) is 0 Å². The summed E-state index contributed by atoms with van der Waals surface area (Å²) in [6, 6.07) is 9.44. The summed E-state index contributed by atoms with van der Waals surface area (Å²) in [5, 5.41) is 6.38. The van der Waals surface area contributed by atoms with E-state index in [1.54, 1.807) is 6.92 Å². The third-order valence-electron chi connectivity index (χ3n) is 2.56. The molecule has 1 unspecified atom stereocenters. The molecule has 8 heteroatoms. The number of aromatic nitrogens is 3. The Hall–Kier alpha value is -2.09. The van der Waals surface area contributed by atoms with Gasteiger partial charge in [0.05, 0.1) is 12.2 Å². The summed E-state index contributed by atoms with van der Waals surface area (Å²) in [7, 11) is 0. The van der Waals surface area contributed by atoms with E-state index in [4.69, 9.17) is 4.74 Å². The number of hydrogen-bond acceptors (Lipinski definition) is 4. The number of rotatable bonds is 6. The molecule has 0 spiro atoms. The van der Waals surface area contributed by atoms with E-state index in [1.165, 1.54) is 11.0 Å². The van der Waals surface area contributed by atoms with Gasteiger partial charge in [-0.25, -0.2) is 4.68 Å². The van der Waals surface area contributed by atoms with Crippen LogP contribution in [0.3, 0.4) is 0 Å². The van der Waals surface area contributed by atoms with Crippen molar-refractivity contribution in [3.63, 3.8) is 0 Å². The molecule has 21 heavy (non-hydrogen) atoms. The summed E-state index contributed by atoms with van der Waals surface area (Å²) in [5.74, 6) is 0. The van der Waals surface area contributed by atoms with Crippen LogP contribution in [0.15, 0.2) is 36.7 Å². The summed E-state index contributed by atoms with van der Waals surface area (Å²) in [5.41, 5.74) is 0.822. The van der Waals surface area contributed by atoms with Gasteiger partial charge >= 0.3 is 12.2 Å². The van der Waals surface area contributed by atoms with Crippen molar-refractivity contribution in [3.8, 4) is 11.7 Å². The standard InChI is InChI=1S/C13H15F3N4O/c1-10(7-17-8-13(14,15)16)21-12-18-9-20(19-12)11-5-3-2-4-6-11/h2-6,9-10,17H,7-8H2,1H3. The van der Waals surface area contributed by atoms with E-state index in [-0.39, 0.29) is 12.6 Å². The maximum absolute atomic E-state index is 12.0. The lowest BCUT2D eigenvalue weighted by Crippen LogP contribution is -2.35. The number of halogens is 3. The third-order valence-corrected chi connectivity index (χ3v) is 2.56. The normalized spacial score (nSPS) is 13.1. The highest BCUT2D eigenvalue weighted by Crippen LogP contribution is 2.12. The van der Waals surface area contributed by atoms with Crippen molar-refractivity contribution in [1.82, 2.24) is 20.1 Å². The minimum atomic E-state index is -4.23. The van der Waals surface area contributed by atoms with E-state index in [0.717, 1.165) is 5.69 Å². The fourth-order valence-electron chi connectivity index (χ4n) is 1.65. The largest absolute Gasteiger partial charge is 0.458 e. The third kappa shape index (κ3) is 5.07. The Bertz CT molecular complexity index is 556. The number of nitrogens with zero attached hydrogens (tertiary/aromatic N) is 3. The molecule has 0 aliphatic rings. The van der Waals surface area contributed by atoms with Crippen molar-refractivity contribution in [2.24, 2.45) is 0 Å². The SMILES string of the molecule is CC(CNCC(F)(F)F)Oc1ncn(-c2ccccc2)n1. The molecule has 1 aromatic heterocycles. The van der Waals surface area contributed by atoms with Crippen molar-refractivity contribution < 1.29 is 17.9 Å². The monoisotopic (exact) mass is 300 g/mol. The topological polar surface area (TPSA) is 52.0 Å². The van der Waals surface area contributed by atoms with E-state index >= 15 is 0 Å². The molecular formula is C13H15F3N4O. The smallest absolute Gasteiger partial charge is 0.401 e. The second-order valence-electron chi connectivity index (χ2n) is 4.48. The molecule has 0 fully saturated rings. The van der Waals surface area contributed by atoms with Crippen molar-refractivity contribution in [2.75, 3.05) is 13.1 Å². The molecule has 0 bridgehead atoms. The lowest BCUT2D eigenvalue weighted by atomic mass is 10.3. The van der Waals surface area contributed by atoms with Gasteiger partial charge in [0.1, 0.15) is 12.4 Å². The number of hydrogen-bond donors (Lipinski definition) is 1. The molecule has 0 aliphatic heterocycles. The molecule has 2 aromatic rings. The second-order valence-corrected chi connectivity index (χ2v) is 4.48. The first kappa shape index (κ1) is 15.3. The fourth-order valence-corrected chi connectivity index (χ4v) is 1.65. The van der Waals surface area contributed by atoms with Gasteiger partial charge in [0.2, 0.25) is 0 Å². The Labute approximate surface area is 119 Å². The zero-order valence-corrected chi connectivity index (χ0v) is 11.3. The fraction of sp³-hybridized carbons (Fsp3) is 0.385. The summed E-state index contributed by atoms with van der Waals surface area (Å²) >= 11 is 0. The van der Waals surface area contributed by atoms with Gasteiger partial charge in [-0.3, -0.25) is 0 Å². The molecule has 5 nitrogen and oxygen atoms in total. The van der Waals surface area contributed by atoms with Crippen LogP contribution in [0.5, 0.6) is 6.01 Å². The van der Waals surface area contributed by atoms with Crippen molar-refractivity contribution in [3.05, 3.63) is 36.7 Å². The molecule has 1 atom stereocenters. The zero-order valence-electron chi connectivity index (χ0n) is 11.3. The number of para-hydroxylation sites is 1. The van der Waals surface area contributed by atoms with Gasteiger partial charge in [-0.2, -0.15) is 18.2 Å². The molecule has 114 valence electrons. The average molecular weight is 300 g/mol. The molecule has 0 amide bonds. The number of alkyl halides is 3. The first-order chi connectivity index (χ1) is 9.94. The van der Waals surface area contributed by atoms with E-state index in [2.05, 4.69) is 15.4 Å². The molecule has 1 N–H and O–H groups in total. The maximum atomic E-state index is 12.0. The van der Waals surface area contributed by atoms with Crippen LogP contribution in [0.1, 0.15) is 6.92 Å². The van der Waals surface area contributed by atoms with Gasteiger partial charge in [0, 0.05) is 6.54 Å². The number of benzene rings is 1. The van der Waals surface area contributed by atoms with Crippen molar-refractivity contribution in [1.29, 1.82) is 0 Å². The lowest BCUT2D eigenvalue weighted by molar-refractivity contribution is -0.125. The van der Waals surface area contributed by atoms with E-state index < -0.39 is 18.8 Å². The zero-order chi connectivity index (χ0) is 15.3. The molecule has 0 radical (unpaired) electrons. The Morgan fingerprint density at radius 2 is 2.00 bits per heavy atom. The van der Waals surface area contributed by atoms with Crippen molar-refractivity contribution >= 4 is 0 Å². The quantitative estimate of drug-likeness (QED) is 0.888. The van der Waals surface area contributed by atoms with Gasteiger partial charge in [0.15, 0.2) is 0 Å². The molecule has 0 saturated carbocycles. The van der Waals surface area contributed by atoms with E-state index in [1.807, 2.05) is 30.3 Å². The minimum absolute atomic E-state index is 0.0549. The summed E-state index contributed by atoms with van der Waals surface area (Å²) in [4.78, 5) is 3.97. The first-order valence-corrected chi connectivity index (χ1v) is 6.35. The number of ether oxygens (including phenoxy) is 1. The first-order valence-electron chi connectivity index (χ1n) is 6.35. The van der Waals surface area contributed by atoms with Gasteiger partial charge in [0.25, 0.3) is 0 Å². The highest BCUT2D eigenvalue weighted by Gasteiger charge is 2.26. The predicted octanol–water partition coefficient (Wildman–Crippen LogP) is 2.19. The average Bonchev–Trinajstić information content (AvgIpc) is 2.86. The van der Waals surface area contributed by atoms with Crippen LogP contribution in [0.25, 0.3) is 5.69 Å². The van der Waals surface area contributed by atoms with Crippen LogP contribution in [-0.4, -0.2) is 40.1 Å². The van der Waals surface area contributed by atoms with Crippen LogP contribution >= 0.6 is 0 Å². The van der Waals surface area contributed by atoms with Gasteiger partial charge in [-0.05, 0) is 19.1 Å². The maximum Gasteiger partial charge on any atom is 0.401 e. The molecule has 1 aromatic carbocycles. The molecule has 1 heterocycles. The van der Waals surface area contributed by atoms with Gasteiger partial charge in [-0.1, -0.05) is 18.2 Å². The Kier molecular flexibility index (Phi) is 4.79. The van der Waals surface area contributed by atoms with E-state index in [9.17, 15) is 13.2 Å². The molecule has 0 saturated heterocycles. The minimum Gasteiger partial charge on any atom is -0.458 e. The molecular weight excluding hydrogens is 285 g/mol. The van der Waals surface area contributed by atoms with Crippen molar-refractivity contribution in [2.45, 2.75) is 19.2 Å². The number of nitrogens with one attached hydrogen (secondary N) is 1. The van der Waals surface area contributed by atoms with Gasteiger partial charge < -0.3 is 10.1 Å². The summed E-state index contributed by atoms with van der Waals surface area (Å²) < 4.78 is 42.9. The summed E-state index contributed by atoms with van der Waals surface area (Å²) in [6.07, 6.45) is -3.22. The summed E-state index contributed by atoms with van der Waals surface area (Å²) in [6.45, 7) is 0.651. The lowest BCUT2D eigenvalue weighted by Gasteiger charge is -2.13. The Balaban J connectivity index is 1.85. The van der Waals surface area contributed by atoms with E-state index in [0.29, 0.717) is 0 Å². The Morgan fingerprint density at radius 3 is 2.67 bits per heavy atom. The van der Waals surface area contributed by atoms with Gasteiger partial charge in [-0.15, -0.1) is 5.10 Å². The highest BCUT2D eigenvalue weighted by molar-refractivity contribution is 5.29. The Morgan fingerprint density at radius 1 is 1.29 bits per heavy atom. The van der Waals surface area contributed by atoms with Crippen LogP contribution in [0.2, 0.25) is 0 Å². The van der Waals surface area contributed by atoms with Crippen LogP contribution in [0, 0.1) is 0 Å². The van der Waals surface area contributed by atoms with Crippen LogP contribution in [0.4, 0.5) is 13.2 Å².